The minimum absolute atomic E-state index is 0.172. The van der Waals surface area contributed by atoms with E-state index < -0.39 is 11.8 Å². The molecule has 0 unspecified atom stereocenters. The van der Waals surface area contributed by atoms with Crippen molar-refractivity contribution < 1.29 is 24.1 Å². The highest BCUT2D eigenvalue weighted by molar-refractivity contribution is 5.87. The second kappa shape index (κ2) is 6.70. The van der Waals surface area contributed by atoms with Gasteiger partial charge in [0.2, 0.25) is 0 Å². The molecule has 0 N–H and O–H groups in total. The number of rotatable bonds is 5. The van der Waals surface area contributed by atoms with Crippen LogP contribution < -0.4 is 14.5 Å². The smallest absolute Gasteiger partial charge is 0.383 e. The Morgan fingerprint density at radius 1 is 1.45 bits per heavy atom. The average Bonchev–Trinajstić information content (AvgIpc) is 2.80. The SMILES string of the molecule is CCOC(=O)c1c([O-])n(N=Cc2ccc(OC)cc2)n[n+]1C. The van der Waals surface area contributed by atoms with Gasteiger partial charge in [0.25, 0.3) is 5.69 Å². The van der Waals surface area contributed by atoms with Gasteiger partial charge >= 0.3 is 5.97 Å². The fourth-order valence-electron chi connectivity index (χ4n) is 1.75. The van der Waals surface area contributed by atoms with E-state index in [0.717, 1.165) is 20.8 Å². The number of ether oxygens (including phenoxy) is 2. The Morgan fingerprint density at radius 2 is 2.14 bits per heavy atom. The van der Waals surface area contributed by atoms with E-state index in [1.54, 1.807) is 38.3 Å². The molecule has 0 saturated heterocycles. The molecule has 0 atom stereocenters. The van der Waals surface area contributed by atoms with E-state index in [4.69, 9.17) is 9.47 Å². The van der Waals surface area contributed by atoms with Crippen LogP contribution in [0.2, 0.25) is 0 Å². The molecule has 0 radical (unpaired) electrons. The molecule has 2 rings (SSSR count). The maximum absolute atomic E-state index is 12.1. The summed E-state index contributed by atoms with van der Waals surface area (Å²) < 4.78 is 11.0. The quantitative estimate of drug-likeness (QED) is 0.435. The van der Waals surface area contributed by atoms with Gasteiger partial charge < -0.3 is 14.6 Å². The van der Waals surface area contributed by atoms with Gasteiger partial charge in [-0.25, -0.2) is 4.79 Å². The third-order valence-electron chi connectivity index (χ3n) is 2.83. The van der Waals surface area contributed by atoms with Crippen LogP contribution in [-0.4, -0.2) is 35.9 Å². The van der Waals surface area contributed by atoms with Gasteiger partial charge in [-0.3, -0.25) is 0 Å². The van der Waals surface area contributed by atoms with Gasteiger partial charge in [-0.1, -0.05) is 5.10 Å². The summed E-state index contributed by atoms with van der Waals surface area (Å²) >= 11 is 0. The lowest BCUT2D eigenvalue weighted by Gasteiger charge is -2.01. The molecule has 0 aliphatic heterocycles. The Bertz CT molecular complexity index is 692. The lowest BCUT2D eigenvalue weighted by atomic mass is 10.2. The molecular formula is C14H16N4O4. The molecular weight excluding hydrogens is 288 g/mol. The molecule has 1 aromatic heterocycles. The Labute approximate surface area is 127 Å². The fraction of sp³-hybridized carbons (Fsp3) is 0.286. The van der Waals surface area contributed by atoms with Crippen molar-refractivity contribution in [2.45, 2.75) is 6.92 Å². The van der Waals surface area contributed by atoms with Gasteiger partial charge in [0, 0.05) is 0 Å². The van der Waals surface area contributed by atoms with Gasteiger partial charge in [0.05, 0.1) is 19.9 Å². The Balaban J connectivity index is 2.24. The van der Waals surface area contributed by atoms with Crippen molar-refractivity contribution >= 4 is 12.2 Å². The highest BCUT2D eigenvalue weighted by Gasteiger charge is 2.24. The van der Waals surface area contributed by atoms with Crippen LogP contribution in [0.15, 0.2) is 29.4 Å². The molecule has 0 spiro atoms. The number of aromatic nitrogens is 3. The largest absolute Gasteiger partial charge is 0.836 e. The number of hydrogen-bond acceptors (Lipinski definition) is 6. The first-order valence-corrected chi connectivity index (χ1v) is 6.58. The number of carbonyl (C=O) groups excluding carboxylic acids is 1. The van der Waals surface area contributed by atoms with Gasteiger partial charge in [-0.2, -0.15) is 0 Å². The van der Waals surface area contributed by atoms with Crippen molar-refractivity contribution in [3.05, 3.63) is 35.5 Å². The number of aryl methyl sites for hydroxylation is 1. The second-order valence-electron chi connectivity index (χ2n) is 4.29. The zero-order chi connectivity index (χ0) is 16.1. The number of methoxy groups -OCH3 is 1. The first-order chi connectivity index (χ1) is 10.6. The van der Waals surface area contributed by atoms with Crippen LogP contribution in [0.3, 0.4) is 0 Å². The summed E-state index contributed by atoms with van der Waals surface area (Å²) in [5.41, 5.74) is 0.588. The van der Waals surface area contributed by atoms with Crippen molar-refractivity contribution in [3.8, 4) is 11.6 Å². The van der Waals surface area contributed by atoms with E-state index in [1.165, 1.54) is 13.3 Å². The minimum atomic E-state index is -0.721. The first kappa shape index (κ1) is 15.5. The summed E-state index contributed by atoms with van der Waals surface area (Å²) in [6.45, 7) is 1.84. The normalized spacial score (nSPS) is 10.9. The van der Waals surface area contributed by atoms with Crippen molar-refractivity contribution in [2.24, 2.45) is 12.1 Å². The number of carbonyl (C=O) groups is 1. The number of hydrogen-bond donors (Lipinski definition) is 0. The molecule has 8 nitrogen and oxygen atoms in total. The topological polar surface area (TPSA) is 92.7 Å². The van der Waals surface area contributed by atoms with E-state index in [9.17, 15) is 9.90 Å². The highest BCUT2D eigenvalue weighted by Crippen LogP contribution is 2.11. The van der Waals surface area contributed by atoms with E-state index in [0.29, 0.717) is 0 Å². The molecule has 0 saturated carbocycles. The van der Waals surface area contributed by atoms with Crippen molar-refractivity contribution in [1.82, 2.24) is 10.0 Å². The third-order valence-corrected chi connectivity index (χ3v) is 2.83. The molecule has 1 heterocycles. The zero-order valence-corrected chi connectivity index (χ0v) is 12.5. The maximum atomic E-state index is 12.1. The Morgan fingerprint density at radius 3 is 2.73 bits per heavy atom. The van der Waals surface area contributed by atoms with Gasteiger partial charge in [-0.05, 0) is 41.5 Å². The molecule has 0 amide bonds. The number of nitrogens with zero attached hydrogens (tertiary/aromatic N) is 4. The van der Waals surface area contributed by atoms with Crippen LogP contribution in [-0.2, 0) is 11.8 Å². The minimum Gasteiger partial charge on any atom is -0.836 e. The zero-order valence-electron chi connectivity index (χ0n) is 12.5. The summed E-state index contributed by atoms with van der Waals surface area (Å²) in [4.78, 5) is 12.5. The van der Waals surface area contributed by atoms with E-state index in [-0.39, 0.29) is 12.3 Å². The third kappa shape index (κ3) is 3.22. The van der Waals surface area contributed by atoms with Crippen LogP contribution in [0.25, 0.3) is 0 Å². The van der Waals surface area contributed by atoms with Crippen molar-refractivity contribution in [3.63, 3.8) is 0 Å². The Kier molecular flexibility index (Phi) is 4.72. The van der Waals surface area contributed by atoms with Crippen LogP contribution in [0, 0.1) is 0 Å². The van der Waals surface area contributed by atoms with Gasteiger partial charge in [-0.15, -0.1) is 4.68 Å². The van der Waals surface area contributed by atoms with Crippen LogP contribution >= 0.6 is 0 Å². The van der Waals surface area contributed by atoms with E-state index in [2.05, 4.69) is 10.3 Å². The summed E-state index contributed by atoms with van der Waals surface area (Å²) in [7, 11) is 3.06. The molecule has 0 aliphatic rings. The second-order valence-corrected chi connectivity index (χ2v) is 4.29. The predicted molar refractivity (Wildman–Crippen MR) is 74.8 cm³/mol. The summed E-state index contributed by atoms with van der Waals surface area (Å²) in [5.74, 6) is -0.636. The monoisotopic (exact) mass is 304 g/mol. The highest BCUT2D eigenvalue weighted by atomic mass is 16.5. The van der Waals surface area contributed by atoms with Crippen molar-refractivity contribution in [2.75, 3.05) is 13.7 Å². The molecule has 22 heavy (non-hydrogen) atoms. The van der Waals surface area contributed by atoms with Crippen LogP contribution in [0.4, 0.5) is 0 Å². The summed E-state index contributed by atoms with van der Waals surface area (Å²) in [6, 6.07) is 7.10. The summed E-state index contributed by atoms with van der Waals surface area (Å²) in [6.07, 6.45) is 1.46. The van der Waals surface area contributed by atoms with Crippen molar-refractivity contribution in [1.29, 1.82) is 0 Å². The molecule has 116 valence electrons. The lowest BCUT2D eigenvalue weighted by Crippen LogP contribution is -2.38. The molecule has 1 aromatic carbocycles. The van der Waals surface area contributed by atoms with Gasteiger partial charge in [0.15, 0.2) is 5.88 Å². The van der Waals surface area contributed by atoms with Crippen LogP contribution in [0.5, 0.6) is 11.6 Å². The van der Waals surface area contributed by atoms with Crippen LogP contribution in [0.1, 0.15) is 23.0 Å². The summed E-state index contributed by atoms with van der Waals surface area (Å²) in [5, 5.41) is 19.9. The molecule has 0 aliphatic carbocycles. The molecule has 2 aromatic rings. The number of benzene rings is 1. The van der Waals surface area contributed by atoms with E-state index >= 15 is 0 Å². The fourth-order valence-corrected chi connectivity index (χ4v) is 1.75. The van der Waals surface area contributed by atoms with Gasteiger partial charge in [0.1, 0.15) is 18.0 Å². The average molecular weight is 304 g/mol. The molecule has 8 heteroatoms. The molecule has 0 bridgehead atoms. The maximum Gasteiger partial charge on any atom is 0.383 e. The lowest BCUT2D eigenvalue weighted by molar-refractivity contribution is -0.734. The van der Waals surface area contributed by atoms with E-state index in [1.807, 2.05) is 0 Å². The first-order valence-electron chi connectivity index (χ1n) is 6.58. The Hall–Kier alpha value is -2.90. The predicted octanol–water partition coefficient (Wildman–Crippen LogP) is -0.151. The number of esters is 1. The standard InChI is InChI=1S/C14H16N4O4/c1-4-22-14(20)12-13(19)18(16-17(12)2)15-9-10-5-7-11(21-3)8-6-10/h5-9H,4H2,1-3H3. The molecule has 0 fully saturated rings.